The Morgan fingerprint density at radius 3 is 2.70 bits per heavy atom. The van der Waals surface area contributed by atoms with Gasteiger partial charge in [0.25, 0.3) is 11.6 Å². The maximum absolute atomic E-state index is 12.5. The summed E-state index contributed by atoms with van der Waals surface area (Å²) in [7, 11) is 0. The van der Waals surface area contributed by atoms with Crippen LogP contribution in [0.1, 0.15) is 15.9 Å². The topological polar surface area (TPSA) is 85.1 Å². The van der Waals surface area contributed by atoms with Crippen molar-refractivity contribution >= 4 is 28.2 Å². The van der Waals surface area contributed by atoms with Crippen LogP contribution in [0.5, 0.6) is 0 Å². The highest BCUT2D eigenvalue weighted by Gasteiger charge is 2.18. The number of nitro benzene ring substituents is 1. The van der Waals surface area contributed by atoms with Crippen molar-refractivity contribution in [3.05, 3.63) is 76.0 Å². The third-order valence-electron chi connectivity index (χ3n) is 3.64. The van der Waals surface area contributed by atoms with Crippen molar-refractivity contribution < 1.29 is 9.72 Å². The number of rotatable bonds is 3. The van der Waals surface area contributed by atoms with E-state index in [-0.39, 0.29) is 17.2 Å². The van der Waals surface area contributed by atoms with Gasteiger partial charge in [-0.05, 0) is 37.3 Å². The molecular formula is C17H13N3O3. The summed E-state index contributed by atoms with van der Waals surface area (Å²) in [6.45, 7) is 1.57. The fourth-order valence-corrected chi connectivity index (χ4v) is 2.47. The Morgan fingerprint density at radius 1 is 1.13 bits per heavy atom. The molecule has 6 nitrogen and oxygen atoms in total. The third-order valence-corrected chi connectivity index (χ3v) is 3.64. The van der Waals surface area contributed by atoms with E-state index in [0.29, 0.717) is 11.3 Å². The lowest BCUT2D eigenvalue weighted by atomic mass is 10.1. The van der Waals surface area contributed by atoms with Gasteiger partial charge in [0.15, 0.2) is 0 Å². The maximum atomic E-state index is 12.5. The largest absolute Gasteiger partial charge is 0.321 e. The van der Waals surface area contributed by atoms with Gasteiger partial charge in [-0.25, -0.2) is 0 Å². The van der Waals surface area contributed by atoms with E-state index in [1.807, 2.05) is 12.1 Å². The highest BCUT2D eigenvalue weighted by molar-refractivity contribution is 6.09. The van der Waals surface area contributed by atoms with E-state index in [9.17, 15) is 14.9 Å². The minimum Gasteiger partial charge on any atom is -0.321 e. The Bertz CT molecular complexity index is 917. The van der Waals surface area contributed by atoms with Gasteiger partial charge in [-0.1, -0.05) is 12.1 Å². The number of hydrogen-bond acceptors (Lipinski definition) is 4. The summed E-state index contributed by atoms with van der Waals surface area (Å²) in [5.41, 5.74) is 1.93. The predicted octanol–water partition coefficient (Wildman–Crippen LogP) is 3.70. The van der Waals surface area contributed by atoms with Crippen LogP contribution in [0.25, 0.3) is 10.9 Å². The molecule has 0 radical (unpaired) electrons. The van der Waals surface area contributed by atoms with Gasteiger partial charge >= 0.3 is 0 Å². The van der Waals surface area contributed by atoms with Crippen LogP contribution in [0, 0.1) is 17.0 Å². The van der Waals surface area contributed by atoms with Gasteiger partial charge in [-0.2, -0.15) is 0 Å². The molecule has 1 aromatic heterocycles. The number of pyridine rings is 1. The summed E-state index contributed by atoms with van der Waals surface area (Å²) in [6.07, 6.45) is 1.68. The minimum absolute atomic E-state index is 0.0720. The fraction of sp³-hybridized carbons (Fsp3) is 0.0588. The number of nitrogens with one attached hydrogen (secondary N) is 1. The number of carbonyl (C=O) groups is 1. The molecule has 0 saturated heterocycles. The molecular weight excluding hydrogens is 294 g/mol. The number of nitrogens with zero attached hydrogens (tertiary/aromatic N) is 2. The first-order valence-corrected chi connectivity index (χ1v) is 6.97. The van der Waals surface area contributed by atoms with E-state index >= 15 is 0 Å². The molecule has 114 valence electrons. The first-order chi connectivity index (χ1) is 11.1. The summed E-state index contributed by atoms with van der Waals surface area (Å²) < 4.78 is 0. The van der Waals surface area contributed by atoms with Gasteiger partial charge in [0.2, 0.25) is 0 Å². The van der Waals surface area contributed by atoms with Gasteiger partial charge in [-0.3, -0.25) is 19.9 Å². The van der Waals surface area contributed by atoms with E-state index in [1.54, 1.807) is 37.4 Å². The molecule has 0 atom stereocenters. The number of hydrogen-bond donors (Lipinski definition) is 1. The summed E-state index contributed by atoms with van der Waals surface area (Å²) in [5.74, 6) is -0.387. The first kappa shape index (κ1) is 14.6. The molecule has 0 bridgehead atoms. The van der Waals surface area contributed by atoms with Crippen molar-refractivity contribution in [1.82, 2.24) is 4.98 Å². The Hall–Kier alpha value is -3.28. The zero-order chi connectivity index (χ0) is 16.4. The molecule has 0 aliphatic rings. The number of aromatic nitrogens is 1. The number of nitro groups is 1. The maximum Gasteiger partial charge on any atom is 0.273 e. The second-order valence-electron chi connectivity index (χ2n) is 5.04. The number of fused-ring (bicyclic) bond motifs is 1. The van der Waals surface area contributed by atoms with Crippen LogP contribution < -0.4 is 5.32 Å². The lowest BCUT2D eigenvalue weighted by Gasteiger charge is -2.10. The van der Waals surface area contributed by atoms with Gasteiger partial charge in [0.05, 0.1) is 16.1 Å². The van der Waals surface area contributed by atoms with Gasteiger partial charge in [-0.15, -0.1) is 0 Å². The average molecular weight is 307 g/mol. The van der Waals surface area contributed by atoms with E-state index < -0.39 is 4.92 Å². The van der Waals surface area contributed by atoms with E-state index in [2.05, 4.69) is 10.3 Å². The van der Waals surface area contributed by atoms with Crippen molar-refractivity contribution in [3.63, 3.8) is 0 Å². The summed E-state index contributed by atoms with van der Waals surface area (Å²) >= 11 is 0. The predicted molar refractivity (Wildman–Crippen MR) is 87.5 cm³/mol. The molecule has 0 aliphatic carbocycles. The first-order valence-electron chi connectivity index (χ1n) is 6.97. The van der Waals surface area contributed by atoms with Crippen molar-refractivity contribution in [2.75, 3.05) is 5.32 Å². The lowest BCUT2D eigenvalue weighted by Crippen LogP contribution is -2.14. The van der Waals surface area contributed by atoms with Crippen LogP contribution in [0.3, 0.4) is 0 Å². The van der Waals surface area contributed by atoms with Gasteiger partial charge in [0, 0.05) is 28.8 Å². The molecule has 23 heavy (non-hydrogen) atoms. The van der Waals surface area contributed by atoms with Crippen molar-refractivity contribution in [2.45, 2.75) is 6.92 Å². The quantitative estimate of drug-likeness (QED) is 0.590. The standard InChI is InChI=1S/C17H13N3O3/c1-11-12(5-2-9-16(11)20(22)23)17(21)19-15-8-3-7-14-13(15)6-4-10-18-14/h2-10H,1H3,(H,19,21). The van der Waals surface area contributed by atoms with E-state index in [4.69, 9.17) is 0 Å². The Labute approximate surface area is 131 Å². The van der Waals surface area contributed by atoms with Gasteiger partial charge in [0.1, 0.15) is 0 Å². The molecule has 1 heterocycles. The van der Waals surface area contributed by atoms with Crippen molar-refractivity contribution in [3.8, 4) is 0 Å². The summed E-state index contributed by atoms with van der Waals surface area (Å²) in [5, 5.41) is 14.6. The van der Waals surface area contributed by atoms with Crippen LogP contribution in [0.15, 0.2) is 54.7 Å². The molecule has 0 unspecified atom stereocenters. The average Bonchev–Trinajstić information content (AvgIpc) is 2.55. The van der Waals surface area contributed by atoms with E-state index in [1.165, 1.54) is 12.1 Å². The van der Waals surface area contributed by atoms with Crippen molar-refractivity contribution in [2.24, 2.45) is 0 Å². The van der Waals surface area contributed by atoms with Crippen LogP contribution in [-0.4, -0.2) is 15.8 Å². The Morgan fingerprint density at radius 2 is 1.91 bits per heavy atom. The Balaban J connectivity index is 1.99. The minimum atomic E-state index is -0.492. The van der Waals surface area contributed by atoms with Crippen LogP contribution >= 0.6 is 0 Å². The molecule has 3 aromatic rings. The second kappa shape index (κ2) is 5.84. The molecule has 6 heteroatoms. The Kier molecular flexibility index (Phi) is 3.72. The third kappa shape index (κ3) is 2.74. The number of amides is 1. The molecule has 0 fully saturated rings. The molecule has 2 aromatic carbocycles. The highest BCUT2D eigenvalue weighted by Crippen LogP contribution is 2.25. The monoisotopic (exact) mass is 307 g/mol. The smallest absolute Gasteiger partial charge is 0.273 e. The second-order valence-corrected chi connectivity index (χ2v) is 5.04. The zero-order valence-corrected chi connectivity index (χ0v) is 12.3. The van der Waals surface area contributed by atoms with Crippen LogP contribution in [-0.2, 0) is 0 Å². The normalized spacial score (nSPS) is 10.5. The van der Waals surface area contributed by atoms with Crippen LogP contribution in [0.4, 0.5) is 11.4 Å². The molecule has 0 saturated carbocycles. The zero-order valence-electron chi connectivity index (χ0n) is 12.3. The van der Waals surface area contributed by atoms with Gasteiger partial charge < -0.3 is 5.32 Å². The molecule has 1 amide bonds. The molecule has 3 rings (SSSR count). The molecule has 0 aliphatic heterocycles. The number of benzene rings is 2. The molecule has 0 spiro atoms. The highest BCUT2D eigenvalue weighted by atomic mass is 16.6. The van der Waals surface area contributed by atoms with Crippen LogP contribution in [0.2, 0.25) is 0 Å². The number of anilines is 1. The van der Waals surface area contributed by atoms with E-state index in [0.717, 1.165) is 10.9 Å². The lowest BCUT2D eigenvalue weighted by molar-refractivity contribution is -0.385. The van der Waals surface area contributed by atoms with Crippen molar-refractivity contribution in [1.29, 1.82) is 0 Å². The summed E-state index contributed by atoms with van der Waals surface area (Å²) in [4.78, 5) is 27.2. The fourth-order valence-electron chi connectivity index (χ4n) is 2.47. The number of carbonyl (C=O) groups excluding carboxylic acids is 1. The molecule has 1 N–H and O–H groups in total. The SMILES string of the molecule is Cc1c(C(=O)Nc2cccc3ncccc23)cccc1[N+](=O)[O-]. The summed E-state index contributed by atoms with van der Waals surface area (Å²) in [6, 6.07) is 13.5.